The fourth-order valence-corrected chi connectivity index (χ4v) is 3.66. The first kappa shape index (κ1) is 16.5. The summed E-state index contributed by atoms with van der Waals surface area (Å²) in [4.78, 5) is 18.7. The van der Waals surface area contributed by atoms with Crippen molar-refractivity contribution in [2.24, 2.45) is 5.10 Å². The molecule has 0 fully saturated rings. The molecule has 2 aromatic carbocycles. The van der Waals surface area contributed by atoms with Crippen LogP contribution in [0.3, 0.4) is 0 Å². The lowest BCUT2D eigenvalue weighted by Crippen LogP contribution is -2.32. The molecule has 1 atom stereocenters. The third-order valence-corrected chi connectivity index (χ3v) is 5.22. The van der Waals surface area contributed by atoms with Gasteiger partial charge in [-0.2, -0.15) is 5.10 Å². The van der Waals surface area contributed by atoms with Crippen molar-refractivity contribution in [1.82, 2.24) is 4.98 Å². The lowest BCUT2D eigenvalue weighted by molar-refractivity contribution is -0.112. The first-order valence-electron chi connectivity index (χ1n) is 8.38. The van der Waals surface area contributed by atoms with E-state index in [2.05, 4.69) is 22.2 Å². The third kappa shape index (κ3) is 3.11. The van der Waals surface area contributed by atoms with Crippen LogP contribution in [0.1, 0.15) is 18.0 Å². The number of anilines is 2. The van der Waals surface area contributed by atoms with Gasteiger partial charge in [0.2, 0.25) is 0 Å². The van der Waals surface area contributed by atoms with E-state index in [9.17, 15) is 4.79 Å². The first-order chi connectivity index (χ1) is 12.7. The number of hydrogen-bond donors (Lipinski definition) is 0. The fraction of sp³-hybridized carbons (Fsp3) is 0.150. The summed E-state index contributed by atoms with van der Waals surface area (Å²) in [5.74, 6) is -0.112. The Balaban J connectivity index is 1.67. The number of carbonyl (C=O) groups is 1. The molecule has 4 rings (SSSR count). The first-order valence-corrected chi connectivity index (χ1v) is 9.26. The molecule has 3 aromatic rings. The number of aromatic nitrogens is 1. The average molecular weight is 362 g/mol. The summed E-state index contributed by atoms with van der Waals surface area (Å²) in [6.45, 7) is 0. The van der Waals surface area contributed by atoms with Crippen LogP contribution in [0.15, 0.2) is 77.3 Å². The van der Waals surface area contributed by atoms with Crippen LogP contribution in [-0.2, 0) is 4.79 Å². The summed E-state index contributed by atoms with van der Waals surface area (Å²) >= 11 is 1.44. The van der Waals surface area contributed by atoms with Gasteiger partial charge in [-0.1, -0.05) is 48.5 Å². The Morgan fingerprint density at radius 3 is 2.46 bits per heavy atom. The number of thiazole rings is 1. The van der Waals surface area contributed by atoms with Gasteiger partial charge in [-0.15, -0.1) is 11.3 Å². The van der Waals surface area contributed by atoms with E-state index < -0.39 is 0 Å². The number of nitrogens with zero attached hydrogens (tertiary/aromatic N) is 4. The maximum atomic E-state index is 12.9. The molecule has 0 saturated carbocycles. The number of hydrazone groups is 1. The molecule has 6 heteroatoms. The summed E-state index contributed by atoms with van der Waals surface area (Å²) in [6, 6.07) is 20.1. The summed E-state index contributed by atoms with van der Waals surface area (Å²) in [7, 11) is 1.74. The Kier molecular flexibility index (Phi) is 4.50. The highest BCUT2D eigenvalue weighted by Gasteiger charge is 2.34. The molecule has 0 spiro atoms. The molecule has 0 radical (unpaired) electrons. The van der Waals surface area contributed by atoms with E-state index >= 15 is 0 Å². The second-order valence-corrected chi connectivity index (χ2v) is 6.91. The molecule has 5 nitrogen and oxygen atoms in total. The van der Waals surface area contributed by atoms with Crippen LogP contribution in [0.4, 0.5) is 10.8 Å². The second kappa shape index (κ2) is 7.09. The van der Waals surface area contributed by atoms with E-state index in [-0.39, 0.29) is 11.9 Å². The van der Waals surface area contributed by atoms with Crippen LogP contribution >= 0.6 is 11.3 Å². The van der Waals surface area contributed by atoms with Gasteiger partial charge in [-0.05, 0) is 17.7 Å². The molecule has 1 unspecified atom stereocenters. The molecule has 2 heterocycles. The monoisotopic (exact) mass is 362 g/mol. The highest BCUT2D eigenvalue weighted by molar-refractivity contribution is 7.13. The predicted octanol–water partition coefficient (Wildman–Crippen LogP) is 4.11. The molecule has 1 aliphatic heterocycles. The fourth-order valence-electron chi connectivity index (χ4n) is 3.05. The molecular weight excluding hydrogens is 344 g/mol. The van der Waals surface area contributed by atoms with Crippen LogP contribution in [0.2, 0.25) is 0 Å². The Morgan fingerprint density at radius 1 is 1.12 bits per heavy atom. The van der Waals surface area contributed by atoms with Crippen LogP contribution in [-0.4, -0.2) is 23.7 Å². The normalized spacial score (nSPS) is 16.4. The molecule has 26 heavy (non-hydrogen) atoms. The zero-order chi connectivity index (χ0) is 17.9. The van der Waals surface area contributed by atoms with Gasteiger partial charge in [0.25, 0.3) is 5.91 Å². The lowest BCUT2D eigenvalue weighted by Gasteiger charge is -2.23. The van der Waals surface area contributed by atoms with Gasteiger partial charge in [0.1, 0.15) is 5.71 Å². The van der Waals surface area contributed by atoms with E-state index in [4.69, 9.17) is 0 Å². The van der Waals surface area contributed by atoms with Gasteiger partial charge in [0.15, 0.2) is 5.13 Å². The molecule has 0 N–H and O–H groups in total. The van der Waals surface area contributed by atoms with Crippen molar-refractivity contribution < 1.29 is 4.79 Å². The van der Waals surface area contributed by atoms with E-state index in [1.54, 1.807) is 18.1 Å². The topological polar surface area (TPSA) is 48.8 Å². The highest BCUT2D eigenvalue weighted by Crippen LogP contribution is 2.35. The van der Waals surface area contributed by atoms with E-state index in [1.165, 1.54) is 11.3 Å². The van der Waals surface area contributed by atoms with Crippen molar-refractivity contribution in [2.45, 2.75) is 12.5 Å². The zero-order valence-electron chi connectivity index (χ0n) is 14.3. The van der Waals surface area contributed by atoms with E-state index in [1.807, 2.05) is 58.9 Å². The molecule has 130 valence electrons. The summed E-state index contributed by atoms with van der Waals surface area (Å²) in [6.07, 6.45) is 2.26. The summed E-state index contributed by atoms with van der Waals surface area (Å²) < 4.78 is 0. The third-order valence-electron chi connectivity index (χ3n) is 4.37. The van der Waals surface area contributed by atoms with Crippen molar-refractivity contribution in [1.29, 1.82) is 0 Å². The van der Waals surface area contributed by atoms with Crippen molar-refractivity contribution >= 4 is 33.8 Å². The Morgan fingerprint density at radius 2 is 1.81 bits per heavy atom. The van der Waals surface area contributed by atoms with Crippen molar-refractivity contribution in [3.05, 3.63) is 77.8 Å². The van der Waals surface area contributed by atoms with Gasteiger partial charge < -0.3 is 0 Å². The van der Waals surface area contributed by atoms with Crippen molar-refractivity contribution in [3.8, 4) is 0 Å². The summed E-state index contributed by atoms with van der Waals surface area (Å²) in [5, 5.41) is 9.16. The highest BCUT2D eigenvalue weighted by atomic mass is 32.1. The van der Waals surface area contributed by atoms with Crippen LogP contribution in [0, 0.1) is 0 Å². The molecule has 0 saturated heterocycles. The number of rotatable bonds is 4. The number of para-hydroxylation sites is 1. The predicted molar refractivity (Wildman–Crippen MR) is 106 cm³/mol. The van der Waals surface area contributed by atoms with Crippen LogP contribution in [0.25, 0.3) is 0 Å². The molecule has 1 amide bonds. The Hall–Kier alpha value is -2.99. The zero-order valence-corrected chi connectivity index (χ0v) is 15.1. The molecule has 1 aliphatic rings. The van der Waals surface area contributed by atoms with Crippen molar-refractivity contribution in [3.63, 3.8) is 0 Å². The van der Waals surface area contributed by atoms with Gasteiger partial charge in [-0.25, -0.2) is 4.98 Å². The molecular formula is C20H18N4OS. The van der Waals surface area contributed by atoms with Crippen LogP contribution < -0.4 is 9.91 Å². The minimum Gasteiger partial charge on any atom is -0.286 e. The maximum absolute atomic E-state index is 12.9. The van der Waals surface area contributed by atoms with Gasteiger partial charge in [0.05, 0.1) is 11.7 Å². The minimum atomic E-state index is -0.112. The molecule has 0 bridgehead atoms. The number of hydrogen-bond acceptors (Lipinski definition) is 5. The van der Waals surface area contributed by atoms with Crippen molar-refractivity contribution in [2.75, 3.05) is 17.0 Å². The number of amides is 1. The SMILES string of the molecule is CN(C(=O)C1=NN(c2ccccc2)C(c2ccccc2)C1)c1nccs1. The average Bonchev–Trinajstić information content (AvgIpc) is 3.38. The second-order valence-electron chi connectivity index (χ2n) is 6.04. The Bertz CT molecular complexity index is 910. The van der Waals surface area contributed by atoms with Crippen LogP contribution in [0.5, 0.6) is 0 Å². The standard InChI is InChI=1S/C20H18N4OS/c1-23(20-21-12-13-26-20)19(25)17-14-18(15-8-4-2-5-9-15)24(22-17)16-10-6-3-7-11-16/h2-13,18H,14H2,1H3. The van der Waals surface area contributed by atoms with Gasteiger partial charge in [0, 0.05) is 25.0 Å². The van der Waals surface area contributed by atoms with Gasteiger partial charge in [-0.3, -0.25) is 14.7 Å². The summed E-state index contributed by atoms with van der Waals surface area (Å²) in [5.41, 5.74) is 2.65. The minimum absolute atomic E-state index is 0.00208. The molecule has 0 aliphatic carbocycles. The Labute approximate surface area is 156 Å². The van der Waals surface area contributed by atoms with E-state index in [0.717, 1.165) is 11.3 Å². The van der Waals surface area contributed by atoms with Gasteiger partial charge >= 0.3 is 0 Å². The smallest absolute Gasteiger partial charge is 0.276 e. The number of benzene rings is 2. The maximum Gasteiger partial charge on any atom is 0.276 e. The molecule has 1 aromatic heterocycles. The quantitative estimate of drug-likeness (QED) is 0.702. The largest absolute Gasteiger partial charge is 0.286 e. The van der Waals surface area contributed by atoms with E-state index in [0.29, 0.717) is 17.3 Å². The lowest BCUT2D eigenvalue weighted by atomic mass is 10.0. The number of carbonyl (C=O) groups excluding carboxylic acids is 1.